The van der Waals surface area contributed by atoms with Crippen LogP contribution < -0.4 is 21.3 Å². The van der Waals surface area contributed by atoms with Crippen LogP contribution >= 0.6 is 23.2 Å². The van der Waals surface area contributed by atoms with Gasteiger partial charge in [0.15, 0.2) is 0 Å². The molecule has 0 saturated heterocycles. The van der Waals surface area contributed by atoms with Gasteiger partial charge in [-0.25, -0.2) is 9.59 Å². The minimum atomic E-state index is -0.270. The minimum Gasteiger partial charge on any atom is -0.338 e. The first-order valence-electron chi connectivity index (χ1n) is 9.03. The predicted molar refractivity (Wildman–Crippen MR) is 115 cm³/mol. The molecule has 2 aromatic carbocycles. The van der Waals surface area contributed by atoms with Crippen LogP contribution in [-0.2, 0) is 0 Å². The van der Waals surface area contributed by atoms with E-state index in [9.17, 15) is 9.59 Å². The molecule has 0 aliphatic heterocycles. The van der Waals surface area contributed by atoms with Crippen molar-refractivity contribution < 1.29 is 9.59 Å². The van der Waals surface area contributed by atoms with Gasteiger partial charge in [0.1, 0.15) is 0 Å². The lowest BCUT2D eigenvalue weighted by molar-refractivity contribution is 0.250. The average Bonchev–Trinajstić information content (AvgIpc) is 2.63. The maximum absolute atomic E-state index is 11.9. The number of hydrogen-bond acceptors (Lipinski definition) is 2. The third-order valence-corrected chi connectivity index (χ3v) is 4.41. The minimum absolute atomic E-state index is 0.269. The first-order valence-corrected chi connectivity index (χ1v) is 9.79. The van der Waals surface area contributed by atoms with E-state index in [2.05, 4.69) is 21.3 Å². The van der Waals surface area contributed by atoms with Gasteiger partial charge in [-0.1, -0.05) is 42.3 Å². The van der Waals surface area contributed by atoms with Crippen LogP contribution in [0, 0.1) is 5.92 Å². The molecular weight excluding hydrogens is 399 g/mol. The Kier molecular flexibility index (Phi) is 8.91. The zero-order valence-corrected chi connectivity index (χ0v) is 17.1. The number of benzene rings is 2. The molecule has 0 fully saturated rings. The summed E-state index contributed by atoms with van der Waals surface area (Å²) in [7, 11) is 0. The Labute approximate surface area is 175 Å². The number of anilines is 2. The molecular formula is C20H24Cl2N4O2. The molecule has 0 heterocycles. The van der Waals surface area contributed by atoms with Crippen molar-refractivity contribution in [2.24, 2.45) is 5.92 Å². The third-order valence-electron chi connectivity index (χ3n) is 3.94. The summed E-state index contributed by atoms with van der Waals surface area (Å²) in [6, 6.07) is 13.4. The van der Waals surface area contributed by atoms with Crippen LogP contribution in [0.5, 0.6) is 0 Å². The van der Waals surface area contributed by atoms with E-state index in [1.165, 1.54) is 0 Å². The Bertz CT molecular complexity index is 801. The molecule has 2 rings (SSSR count). The Hall–Kier alpha value is -2.44. The van der Waals surface area contributed by atoms with E-state index in [0.717, 1.165) is 12.8 Å². The van der Waals surface area contributed by atoms with E-state index >= 15 is 0 Å². The van der Waals surface area contributed by atoms with Crippen molar-refractivity contribution in [3.05, 3.63) is 58.6 Å². The normalized spacial score (nSPS) is 11.4. The number of nitrogens with one attached hydrogen (secondary N) is 4. The fraction of sp³-hybridized carbons (Fsp3) is 0.300. The van der Waals surface area contributed by atoms with Gasteiger partial charge < -0.3 is 21.3 Å². The second-order valence-corrected chi connectivity index (χ2v) is 7.36. The van der Waals surface area contributed by atoms with E-state index in [-0.39, 0.29) is 18.0 Å². The highest BCUT2D eigenvalue weighted by molar-refractivity contribution is 6.31. The van der Waals surface area contributed by atoms with Crippen molar-refractivity contribution in [1.29, 1.82) is 0 Å². The smallest absolute Gasteiger partial charge is 0.319 e. The molecule has 6 nitrogen and oxygen atoms in total. The molecule has 150 valence electrons. The molecule has 0 aliphatic carbocycles. The van der Waals surface area contributed by atoms with E-state index in [0.29, 0.717) is 34.5 Å². The number of rotatable bonds is 8. The average molecular weight is 423 g/mol. The molecule has 0 unspecified atom stereocenters. The van der Waals surface area contributed by atoms with Crippen LogP contribution in [0.3, 0.4) is 0 Å². The third kappa shape index (κ3) is 8.50. The van der Waals surface area contributed by atoms with Crippen molar-refractivity contribution in [1.82, 2.24) is 10.6 Å². The summed E-state index contributed by atoms with van der Waals surface area (Å²) in [4.78, 5) is 23.7. The fourth-order valence-corrected chi connectivity index (χ4v) is 2.89. The monoisotopic (exact) mass is 422 g/mol. The number of amides is 4. The van der Waals surface area contributed by atoms with Gasteiger partial charge in [0.05, 0.1) is 0 Å². The maximum Gasteiger partial charge on any atom is 0.319 e. The molecule has 28 heavy (non-hydrogen) atoms. The van der Waals surface area contributed by atoms with Crippen LogP contribution in [0.15, 0.2) is 48.5 Å². The zero-order chi connectivity index (χ0) is 20.4. The van der Waals surface area contributed by atoms with E-state index in [1.807, 2.05) is 6.92 Å². The molecule has 0 bridgehead atoms. The standard InChI is InChI=1S/C20H24Cl2N4O2/c1-14(13-24-20(28)26-18-9-3-7-16(22)12-18)5-4-10-23-19(27)25-17-8-2-6-15(21)11-17/h2-3,6-9,11-12,14H,4-5,10,13H2,1H3,(H2,23,25,27)(H2,24,26,28)/t14-/m1/s1. The Morgan fingerprint density at radius 1 is 0.893 bits per heavy atom. The number of carbonyl (C=O) groups is 2. The van der Waals surface area contributed by atoms with Crippen molar-refractivity contribution in [2.45, 2.75) is 19.8 Å². The Morgan fingerprint density at radius 2 is 1.43 bits per heavy atom. The largest absolute Gasteiger partial charge is 0.338 e. The first-order chi connectivity index (χ1) is 13.4. The summed E-state index contributed by atoms with van der Waals surface area (Å²) in [5, 5.41) is 12.2. The van der Waals surface area contributed by atoms with Crippen LogP contribution in [0.25, 0.3) is 0 Å². The summed E-state index contributed by atoms with van der Waals surface area (Å²) in [5.74, 6) is 0.280. The predicted octanol–water partition coefficient (Wildman–Crippen LogP) is 5.35. The van der Waals surface area contributed by atoms with Crippen molar-refractivity contribution in [3.8, 4) is 0 Å². The summed E-state index contributed by atoms with van der Waals surface area (Å²) >= 11 is 11.8. The molecule has 0 aliphatic rings. The summed E-state index contributed by atoms with van der Waals surface area (Å²) in [5.41, 5.74) is 1.29. The molecule has 1 atom stereocenters. The van der Waals surface area contributed by atoms with Gasteiger partial charge in [0.2, 0.25) is 0 Å². The molecule has 0 radical (unpaired) electrons. The molecule has 0 aromatic heterocycles. The van der Waals surface area contributed by atoms with Gasteiger partial charge in [-0.2, -0.15) is 0 Å². The van der Waals surface area contributed by atoms with E-state index in [1.54, 1.807) is 48.5 Å². The van der Waals surface area contributed by atoms with Gasteiger partial charge >= 0.3 is 12.1 Å². The fourth-order valence-electron chi connectivity index (χ4n) is 2.50. The maximum atomic E-state index is 11.9. The van der Waals surface area contributed by atoms with Crippen LogP contribution in [0.4, 0.5) is 21.0 Å². The molecule has 2 aromatic rings. The van der Waals surface area contributed by atoms with Crippen LogP contribution in [-0.4, -0.2) is 25.2 Å². The lowest BCUT2D eigenvalue weighted by Crippen LogP contribution is -2.33. The van der Waals surface area contributed by atoms with Crippen LogP contribution in [0.1, 0.15) is 19.8 Å². The van der Waals surface area contributed by atoms with Crippen molar-refractivity contribution >= 4 is 46.6 Å². The lowest BCUT2D eigenvalue weighted by atomic mass is 10.1. The summed E-state index contributed by atoms with van der Waals surface area (Å²) in [6.07, 6.45) is 1.68. The van der Waals surface area contributed by atoms with Crippen molar-refractivity contribution in [3.63, 3.8) is 0 Å². The highest BCUT2D eigenvalue weighted by atomic mass is 35.5. The highest BCUT2D eigenvalue weighted by Gasteiger charge is 2.07. The number of carbonyl (C=O) groups excluding carboxylic acids is 2. The SMILES string of the molecule is C[C@H](CCCNC(=O)Nc1cccc(Cl)c1)CNC(=O)Nc1cccc(Cl)c1. The summed E-state index contributed by atoms with van der Waals surface area (Å²) in [6.45, 7) is 3.14. The lowest BCUT2D eigenvalue weighted by Gasteiger charge is -2.14. The quantitative estimate of drug-likeness (QED) is 0.432. The second kappa shape index (κ2) is 11.4. The van der Waals surface area contributed by atoms with Gasteiger partial charge in [0, 0.05) is 34.5 Å². The van der Waals surface area contributed by atoms with Gasteiger partial charge in [-0.15, -0.1) is 0 Å². The van der Waals surface area contributed by atoms with E-state index in [4.69, 9.17) is 23.2 Å². The first kappa shape index (κ1) is 21.9. The summed E-state index contributed by atoms with van der Waals surface area (Å²) < 4.78 is 0. The van der Waals surface area contributed by atoms with Gasteiger partial charge in [-0.05, 0) is 55.2 Å². The molecule has 4 amide bonds. The van der Waals surface area contributed by atoms with Gasteiger partial charge in [0.25, 0.3) is 0 Å². The molecule has 0 saturated carbocycles. The number of hydrogen-bond donors (Lipinski definition) is 4. The zero-order valence-electron chi connectivity index (χ0n) is 15.6. The topological polar surface area (TPSA) is 82.3 Å². The molecule has 4 N–H and O–H groups in total. The van der Waals surface area contributed by atoms with E-state index < -0.39 is 0 Å². The Morgan fingerprint density at radius 3 is 1.96 bits per heavy atom. The number of urea groups is 2. The molecule has 0 spiro atoms. The Balaban J connectivity index is 1.57. The van der Waals surface area contributed by atoms with Crippen molar-refractivity contribution in [2.75, 3.05) is 23.7 Å². The van der Waals surface area contributed by atoms with Gasteiger partial charge in [-0.3, -0.25) is 0 Å². The second-order valence-electron chi connectivity index (χ2n) is 6.48. The van der Waals surface area contributed by atoms with Crippen LogP contribution in [0.2, 0.25) is 10.0 Å². The number of halogens is 2. The highest BCUT2D eigenvalue weighted by Crippen LogP contribution is 2.15. The molecule has 8 heteroatoms.